The number of imide groups is 1. The van der Waals surface area contributed by atoms with Crippen LogP contribution < -0.4 is 5.32 Å². The van der Waals surface area contributed by atoms with Crippen LogP contribution in [0.15, 0.2) is 22.8 Å². The van der Waals surface area contributed by atoms with Crippen LogP contribution in [0.25, 0.3) is 0 Å². The van der Waals surface area contributed by atoms with Crippen molar-refractivity contribution in [3.63, 3.8) is 0 Å². The van der Waals surface area contributed by atoms with Crippen molar-refractivity contribution in [1.82, 2.24) is 9.88 Å². The van der Waals surface area contributed by atoms with Gasteiger partial charge in [-0.15, -0.1) is 0 Å². The van der Waals surface area contributed by atoms with E-state index in [2.05, 4.69) is 26.2 Å². The molecule has 2 heterocycles. The van der Waals surface area contributed by atoms with E-state index in [1.165, 1.54) is 0 Å². The third-order valence-corrected chi connectivity index (χ3v) is 4.70. The zero-order valence-electron chi connectivity index (χ0n) is 11.9. The molecule has 3 amide bonds. The lowest BCUT2D eigenvalue weighted by Gasteiger charge is -2.19. The molecule has 0 spiro atoms. The van der Waals surface area contributed by atoms with Gasteiger partial charge >= 0.3 is 0 Å². The molecule has 7 heteroatoms. The summed E-state index contributed by atoms with van der Waals surface area (Å²) >= 11 is 3.26. The van der Waals surface area contributed by atoms with Crippen LogP contribution in [0, 0.1) is 11.8 Å². The molecule has 22 heavy (non-hydrogen) atoms. The van der Waals surface area contributed by atoms with Crippen LogP contribution in [0.5, 0.6) is 0 Å². The van der Waals surface area contributed by atoms with E-state index in [4.69, 9.17) is 0 Å². The van der Waals surface area contributed by atoms with Gasteiger partial charge in [0.2, 0.25) is 17.7 Å². The summed E-state index contributed by atoms with van der Waals surface area (Å²) in [7, 11) is 0. The third-order valence-electron chi connectivity index (χ3n) is 4.23. The van der Waals surface area contributed by atoms with Crippen LogP contribution in [-0.2, 0) is 14.4 Å². The molecule has 1 N–H and O–H groups in total. The van der Waals surface area contributed by atoms with Crippen LogP contribution in [0.4, 0.5) is 5.82 Å². The summed E-state index contributed by atoms with van der Waals surface area (Å²) in [5.41, 5.74) is 0. The van der Waals surface area contributed by atoms with Crippen molar-refractivity contribution in [3.05, 3.63) is 22.8 Å². The molecule has 1 aromatic heterocycles. The molecule has 0 radical (unpaired) electrons. The van der Waals surface area contributed by atoms with Crippen molar-refractivity contribution in [3.8, 4) is 0 Å². The molecule has 1 saturated heterocycles. The Balaban J connectivity index is 1.64. The Morgan fingerprint density at radius 2 is 1.86 bits per heavy atom. The van der Waals surface area contributed by atoms with Crippen LogP contribution in [0.2, 0.25) is 0 Å². The standard InChI is InChI=1S/C15H16BrN3O3/c16-9-5-6-12(17-7-9)18-13(20)8-19-14(21)10-3-1-2-4-11(10)15(19)22/h5-7,10-11H,1-4,8H2,(H,17,18,20). The maximum Gasteiger partial charge on any atom is 0.245 e. The minimum Gasteiger partial charge on any atom is -0.309 e. The second-order valence-electron chi connectivity index (χ2n) is 5.67. The quantitative estimate of drug-likeness (QED) is 0.830. The molecular formula is C15H16BrN3O3. The summed E-state index contributed by atoms with van der Waals surface area (Å²) in [6.45, 7) is -0.234. The number of carbonyl (C=O) groups excluding carboxylic acids is 3. The van der Waals surface area contributed by atoms with E-state index in [1.54, 1.807) is 18.3 Å². The summed E-state index contributed by atoms with van der Waals surface area (Å²) in [6, 6.07) is 3.40. The third kappa shape index (κ3) is 2.90. The largest absolute Gasteiger partial charge is 0.309 e. The summed E-state index contributed by atoms with van der Waals surface area (Å²) in [5, 5.41) is 2.60. The van der Waals surface area contributed by atoms with E-state index in [0.29, 0.717) is 5.82 Å². The Labute approximate surface area is 136 Å². The Hall–Kier alpha value is -1.76. The molecule has 2 unspecified atom stereocenters. The number of rotatable bonds is 3. The summed E-state index contributed by atoms with van der Waals surface area (Å²) in [4.78, 5) is 41.8. The predicted octanol–water partition coefficient (Wildman–Crippen LogP) is 1.96. The van der Waals surface area contributed by atoms with Gasteiger partial charge in [-0.2, -0.15) is 0 Å². The van der Waals surface area contributed by atoms with E-state index < -0.39 is 5.91 Å². The van der Waals surface area contributed by atoms with Gasteiger partial charge in [-0.3, -0.25) is 19.3 Å². The Kier molecular flexibility index (Phi) is 4.24. The number of fused-ring (bicyclic) bond motifs is 1. The van der Waals surface area contributed by atoms with Crippen LogP contribution in [0.1, 0.15) is 25.7 Å². The van der Waals surface area contributed by atoms with Gasteiger partial charge in [-0.1, -0.05) is 12.8 Å². The van der Waals surface area contributed by atoms with Gasteiger partial charge in [0, 0.05) is 10.7 Å². The average Bonchev–Trinajstić information content (AvgIpc) is 2.75. The van der Waals surface area contributed by atoms with Gasteiger partial charge < -0.3 is 5.32 Å². The number of amides is 3. The van der Waals surface area contributed by atoms with Gasteiger partial charge in [-0.05, 0) is 40.9 Å². The first-order chi connectivity index (χ1) is 10.6. The summed E-state index contributed by atoms with van der Waals surface area (Å²) in [6.07, 6.45) is 5.02. The van der Waals surface area contributed by atoms with E-state index >= 15 is 0 Å². The topological polar surface area (TPSA) is 79.4 Å². The first kappa shape index (κ1) is 15.1. The highest BCUT2D eigenvalue weighted by atomic mass is 79.9. The van der Waals surface area contributed by atoms with Crippen molar-refractivity contribution >= 4 is 39.5 Å². The lowest BCUT2D eigenvalue weighted by Crippen LogP contribution is -2.38. The summed E-state index contributed by atoms with van der Waals surface area (Å²) in [5.74, 6) is -0.859. The lowest BCUT2D eigenvalue weighted by atomic mass is 9.81. The molecule has 3 rings (SSSR count). The fraction of sp³-hybridized carbons (Fsp3) is 0.467. The van der Waals surface area contributed by atoms with E-state index in [-0.39, 0.29) is 30.2 Å². The normalized spacial score (nSPS) is 24.3. The number of carbonyl (C=O) groups is 3. The van der Waals surface area contributed by atoms with Gasteiger partial charge in [0.25, 0.3) is 0 Å². The van der Waals surface area contributed by atoms with E-state index in [9.17, 15) is 14.4 Å². The van der Waals surface area contributed by atoms with Gasteiger partial charge in [0.15, 0.2) is 0 Å². The molecule has 2 atom stereocenters. The molecule has 6 nitrogen and oxygen atoms in total. The minimum absolute atomic E-state index is 0.200. The highest BCUT2D eigenvalue weighted by molar-refractivity contribution is 9.10. The Morgan fingerprint density at radius 3 is 2.41 bits per heavy atom. The number of nitrogens with one attached hydrogen (secondary N) is 1. The molecule has 0 aromatic carbocycles. The van der Waals surface area contributed by atoms with Crippen molar-refractivity contribution in [2.24, 2.45) is 11.8 Å². The molecule has 2 aliphatic rings. The van der Waals surface area contributed by atoms with E-state index in [1.807, 2.05) is 0 Å². The average molecular weight is 366 g/mol. The number of anilines is 1. The molecule has 116 valence electrons. The number of likely N-dealkylation sites (tertiary alicyclic amines) is 1. The van der Waals surface area contributed by atoms with Gasteiger partial charge in [-0.25, -0.2) is 4.98 Å². The first-order valence-corrected chi connectivity index (χ1v) is 8.12. The Morgan fingerprint density at radius 1 is 1.23 bits per heavy atom. The molecule has 1 saturated carbocycles. The molecule has 2 fully saturated rings. The number of aromatic nitrogens is 1. The maximum atomic E-state index is 12.3. The van der Waals surface area contributed by atoms with Crippen LogP contribution in [-0.4, -0.2) is 34.2 Å². The van der Waals surface area contributed by atoms with Crippen molar-refractivity contribution in [2.75, 3.05) is 11.9 Å². The molecule has 1 aromatic rings. The lowest BCUT2D eigenvalue weighted by molar-refractivity contribution is -0.142. The number of halogens is 1. The van der Waals surface area contributed by atoms with Gasteiger partial charge in [0.1, 0.15) is 12.4 Å². The van der Waals surface area contributed by atoms with Crippen LogP contribution >= 0.6 is 15.9 Å². The first-order valence-electron chi connectivity index (χ1n) is 7.33. The smallest absolute Gasteiger partial charge is 0.245 e. The SMILES string of the molecule is O=C(CN1C(=O)C2CCCCC2C1=O)Nc1ccc(Br)cn1. The predicted molar refractivity (Wildman–Crippen MR) is 82.7 cm³/mol. The Bertz CT molecular complexity index is 593. The molecule has 0 bridgehead atoms. The number of pyridine rings is 1. The molecule has 1 aliphatic heterocycles. The molecular weight excluding hydrogens is 350 g/mol. The van der Waals surface area contributed by atoms with E-state index in [0.717, 1.165) is 35.1 Å². The zero-order valence-corrected chi connectivity index (χ0v) is 13.5. The second kappa shape index (κ2) is 6.16. The van der Waals surface area contributed by atoms with Gasteiger partial charge in [0.05, 0.1) is 11.8 Å². The monoisotopic (exact) mass is 365 g/mol. The zero-order chi connectivity index (χ0) is 15.7. The molecule has 1 aliphatic carbocycles. The number of nitrogens with zero attached hydrogens (tertiary/aromatic N) is 2. The highest BCUT2D eigenvalue weighted by Crippen LogP contribution is 2.37. The fourth-order valence-electron chi connectivity index (χ4n) is 3.16. The highest BCUT2D eigenvalue weighted by Gasteiger charge is 2.48. The van der Waals surface area contributed by atoms with Crippen molar-refractivity contribution < 1.29 is 14.4 Å². The van der Waals surface area contributed by atoms with Crippen molar-refractivity contribution in [1.29, 1.82) is 0 Å². The van der Waals surface area contributed by atoms with Crippen LogP contribution in [0.3, 0.4) is 0 Å². The number of hydrogen-bond donors (Lipinski definition) is 1. The van der Waals surface area contributed by atoms with Crippen molar-refractivity contribution in [2.45, 2.75) is 25.7 Å². The maximum absolute atomic E-state index is 12.3. The number of hydrogen-bond acceptors (Lipinski definition) is 4. The fourth-order valence-corrected chi connectivity index (χ4v) is 3.40. The summed E-state index contributed by atoms with van der Waals surface area (Å²) < 4.78 is 0.805. The second-order valence-corrected chi connectivity index (χ2v) is 6.59. The minimum atomic E-state index is -0.407.